The number of hydrogen-bond acceptors (Lipinski definition) is 3. The summed E-state index contributed by atoms with van der Waals surface area (Å²) in [5, 5.41) is 13.5. The molecule has 1 N–H and O–H groups in total. The van der Waals surface area contributed by atoms with Gasteiger partial charge >= 0.3 is 0 Å². The van der Waals surface area contributed by atoms with Gasteiger partial charge in [-0.25, -0.2) is 8.78 Å². The van der Waals surface area contributed by atoms with E-state index in [0.29, 0.717) is 24.2 Å². The summed E-state index contributed by atoms with van der Waals surface area (Å²) in [7, 11) is 0. The smallest absolute Gasteiger partial charge is 0.269 e. The van der Waals surface area contributed by atoms with E-state index >= 15 is 0 Å². The van der Waals surface area contributed by atoms with E-state index in [1.54, 1.807) is 12.1 Å². The van der Waals surface area contributed by atoms with E-state index in [-0.39, 0.29) is 5.69 Å². The van der Waals surface area contributed by atoms with Gasteiger partial charge in [0.1, 0.15) is 11.6 Å². The second-order valence-corrected chi connectivity index (χ2v) is 4.26. The minimum Gasteiger partial charge on any atom is -0.385 e. The molecule has 0 spiro atoms. The Bertz CT molecular complexity index is 595. The van der Waals surface area contributed by atoms with Gasteiger partial charge < -0.3 is 5.32 Å². The van der Waals surface area contributed by atoms with E-state index in [1.807, 2.05) is 0 Å². The number of rotatable bonds is 5. The van der Waals surface area contributed by atoms with Crippen LogP contribution in [0.4, 0.5) is 20.2 Å². The lowest BCUT2D eigenvalue weighted by Crippen LogP contribution is -2.05. The molecule has 0 amide bonds. The molecule has 0 saturated heterocycles. The molecule has 6 heteroatoms. The Morgan fingerprint density at radius 1 is 1.05 bits per heavy atom. The van der Waals surface area contributed by atoms with E-state index in [0.717, 1.165) is 6.07 Å². The fourth-order valence-corrected chi connectivity index (χ4v) is 1.81. The molecule has 0 unspecified atom stereocenters. The molecule has 2 aromatic rings. The molecule has 0 aliphatic rings. The lowest BCUT2D eigenvalue weighted by molar-refractivity contribution is -0.384. The lowest BCUT2D eigenvalue weighted by atomic mass is 10.1. The number of nitro groups is 1. The van der Waals surface area contributed by atoms with Crippen LogP contribution in [0.5, 0.6) is 0 Å². The van der Waals surface area contributed by atoms with Gasteiger partial charge in [0.05, 0.1) is 4.92 Å². The van der Waals surface area contributed by atoms with Crippen molar-refractivity contribution in [2.75, 3.05) is 11.9 Å². The van der Waals surface area contributed by atoms with Crippen LogP contribution in [0.1, 0.15) is 5.56 Å². The van der Waals surface area contributed by atoms with Gasteiger partial charge in [0, 0.05) is 30.4 Å². The SMILES string of the molecule is O=[N+]([O-])c1ccc(NCCc2cc(F)cc(F)c2)cc1. The summed E-state index contributed by atoms with van der Waals surface area (Å²) in [5.74, 6) is -1.20. The topological polar surface area (TPSA) is 55.2 Å². The number of hydrogen-bond donors (Lipinski definition) is 1. The number of nitro benzene ring substituents is 1. The van der Waals surface area contributed by atoms with Crippen LogP contribution in [0.15, 0.2) is 42.5 Å². The molecule has 0 aliphatic carbocycles. The first kappa shape index (κ1) is 13.9. The van der Waals surface area contributed by atoms with Crippen LogP contribution in [-0.2, 0) is 6.42 Å². The lowest BCUT2D eigenvalue weighted by Gasteiger charge is -2.06. The van der Waals surface area contributed by atoms with Crippen LogP contribution in [0.3, 0.4) is 0 Å². The maximum atomic E-state index is 13.0. The molecule has 0 fully saturated rings. The van der Waals surface area contributed by atoms with Crippen LogP contribution in [-0.4, -0.2) is 11.5 Å². The zero-order chi connectivity index (χ0) is 14.5. The molecule has 0 bridgehead atoms. The summed E-state index contributed by atoms with van der Waals surface area (Å²) >= 11 is 0. The van der Waals surface area contributed by atoms with E-state index in [4.69, 9.17) is 0 Å². The van der Waals surface area contributed by atoms with Crippen LogP contribution in [0, 0.1) is 21.7 Å². The van der Waals surface area contributed by atoms with E-state index < -0.39 is 16.6 Å². The Labute approximate surface area is 114 Å². The molecular formula is C14H12F2N2O2. The van der Waals surface area contributed by atoms with E-state index in [2.05, 4.69) is 5.32 Å². The standard InChI is InChI=1S/C14H12F2N2O2/c15-11-7-10(8-12(16)9-11)5-6-17-13-1-3-14(4-2-13)18(19)20/h1-4,7-9,17H,5-6H2. The molecular weight excluding hydrogens is 266 g/mol. The van der Waals surface area contributed by atoms with Crippen molar-refractivity contribution in [3.63, 3.8) is 0 Å². The highest BCUT2D eigenvalue weighted by atomic mass is 19.1. The third-order valence-electron chi connectivity index (χ3n) is 2.74. The number of nitrogens with zero attached hydrogens (tertiary/aromatic N) is 1. The highest BCUT2D eigenvalue weighted by Gasteiger charge is 2.04. The molecule has 4 nitrogen and oxygen atoms in total. The highest BCUT2D eigenvalue weighted by Crippen LogP contribution is 2.15. The molecule has 2 rings (SSSR count). The predicted molar refractivity (Wildman–Crippen MR) is 71.6 cm³/mol. The Kier molecular flexibility index (Phi) is 4.24. The van der Waals surface area contributed by atoms with Gasteiger partial charge in [-0.1, -0.05) is 0 Å². The van der Waals surface area contributed by atoms with Gasteiger partial charge in [-0.15, -0.1) is 0 Å². The maximum absolute atomic E-state index is 13.0. The minimum absolute atomic E-state index is 0.0164. The number of anilines is 1. The summed E-state index contributed by atoms with van der Waals surface area (Å²) in [5.41, 5.74) is 1.28. The minimum atomic E-state index is -0.602. The third-order valence-corrected chi connectivity index (χ3v) is 2.74. The Balaban J connectivity index is 1.90. The first-order valence-corrected chi connectivity index (χ1v) is 5.98. The van der Waals surface area contributed by atoms with Crippen LogP contribution in [0.2, 0.25) is 0 Å². The number of non-ortho nitro benzene ring substituents is 1. The quantitative estimate of drug-likeness (QED) is 0.672. The number of halogens is 2. The van der Waals surface area contributed by atoms with Crippen LogP contribution < -0.4 is 5.32 Å². The van der Waals surface area contributed by atoms with Gasteiger partial charge in [-0.3, -0.25) is 10.1 Å². The molecule has 0 aliphatic heterocycles. The Morgan fingerprint density at radius 3 is 2.20 bits per heavy atom. The summed E-state index contributed by atoms with van der Waals surface area (Å²) in [6.45, 7) is 0.473. The first-order chi connectivity index (χ1) is 9.54. The highest BCUT2D eigenvalue weighted by molar-refractivity contribution is 5.48. The van der Waals surface area contributed by atoms with Crippen molar-refractivity contribution < 1.29 is 13.7 Å². The van der Waals surface area contributed by atoms with Crippen molar-refractivity contribution in [2.45, 2.75) is 6.42 Å². The number of nitrogens with one attached hydrogen (secondary N) is 1. The van der Waals surface area contributed by atoms with Crippen molar-refractivity contribution in [2.24, 2.45) is 0 Å². The van der Waals surface area contributed by atoms with Gasteiger partial charge in [0.15, 0.2) is 0 Å². The Morgan fingerprint density at radius 2 is 1.65 bits per heavy atom. The van der Waals surface area contributed by atoms with Crippen LogP contribution in [0.25, 0.3) is 0 Å². The molecule has 104 valence electrons. The van der Waals surface area contributed by atoms with Crippen molar-refractivity contribution in [3.8, 4) is 0 Å². The molecule has 2 aromatic carbocycles. The van der Waals surface area contributed by atoms with Crippen molar-refractivity contribution in [1.29, 1.82) is 0 Å². The normalized spacial score (nSPS) is 10.3. The monoisotopic (exact) mass is 278 g/mol. The molecule has 20 heavy (non-hydrogen) atoms. The van der Waals surface area contributed by atoms with Gasteiger partial charge in [-0.2, -0.15) is 0 Å². The fourth-order valence-electron chi connectivity index (χ4n) is 1.81. The zero-order valence-electron chi connectivity index (χ0n) is 10.5. The average molecular weight is 278 g/mol. The first-order valence-electron chi connectivity index (χ1n) is 5.98. The summed E-state index contributed by atoms with van der Waals surface area (Å²) in [4.78, 5) is 10.0. The number of benzene rings is 2. The van der Waals surface area contributed by atoms with Crippen molar-refractivity contribution >= 4 is 11.4 Å². The predicted octanol–water partition coefficient (Wildman–Crippen LogP) is 3.53. The van der Waals surface area contributed by atoms with E-state index in [1.165, 1.54) is 24.3 Å². The third kappa shape index (κ3) is 3.74. The van der Waals surface area contributed by atoms with Crippen molar-refractivity contribution in [1.82, 2.24) is 0 Å². The van der Waals surface area contributed by atoms with E-state index in [9.17, 15) is 18.9 Å². The van der Waals surface area contributed by atoms with Crippen LogP contribution >= 0.6 is 0 Å². The summed E-state index contributed by atoms with van der Waals surface area (Å²) in [6, 6.07) is 9.34. The average Bonchev–Trinajstić information content (AvgIpc) is 2.38. The van der Waals surface area contributed by atoms with Gasteiger partial charge in [-0.05, 0) is 36.2 Å². The summed E-state index contributed by atoms with van der Waals surface area (Å²) < 4.78 is 25.9. The molecule has 0 heterocycles. The molecule has 0 radical (unpaired) electrons. The van der Waals surface area contributed by atoms with Gasteiger partial charge in [0.2, 0.25) is 0 Å². The zero-order valence-corrected chi connectivity index (χ0v) is 10.5. The largest absolute Gasteiger partial charge is 0.385 e. The second-order valence-electron chi connectivity index (χ2n) is 4.26. The second kappa shape index (κ2) is 6.10. The van der Waals surface area contributed by atoms with Gasteiger partial charge in [0.25, 0.3) is 5.69 Å². The maximum Gasteiger partial charge on any atom is 0.269 e. The summed E-state index contributed by atoms with van der Waals surface area (Å²) in [6.07, 6.45) is 0.450. The molecule has 0 saturated carbocycles. The Hall–Kier alpha value is -2.50. The molecule has 0 atom stereocenters. The van der Waals surface area contributed by atoms with Crippen molar-refractivity contribution in [3.05, 3.63) is 69.8 Å². The molecule has 0 aromatic heterocycles. The fraction of sp³-hybridized carbons (Fsp3) is 0.143.